The van der Waals surface area contributed by atoms with Crippen molar-refractivity contribution in [3.63, 3.8) is 0 Å². The minimum atomic E-state index is -0.695. The van der Waals surface area contributed by atoms with Crippen LogP contribution in [0.3, 0.4) is 0 Å². The fourth-order valence-corrected chi connectivity index (χ4v) is 2.65. The number of rotatable bonds is 5. The van der Waals surface area contributed by atoms with E-state index < -0.39 is 5.60 Å². The highest BCUT2D eigenvalue weighted by molar-refractivity contribution is 5.98. The zero-order valence-corrected chi connectivity index (χ0v) is 13.4. The topological polar surface area (TPSA) is 47.9 Å². The van der Waals surface area contributed by atoms with Gasteiger partial charge < -0.3 is 15.3 Å². The maximum Gasteiger partial charge on any atom is 0.198 e. The van der Waals surface area contributed by atoms with E-state index in [1.807, 2.05) is 13.8 Å². The summed E-state index contributed by atoms with van der Waals surface area (Å²) in [6, 6.07) is 8.46. The first-order valence-corrected chi connectivity index (χ1v) is 7.99. The zero-order chi connectivity index (χ0) is 15.3. The summed E-state index contributed by atoms with van der Waals surface area (Å²) in [6.07, 6.45) is 2.50. The van der Waals surface area contributed by atoms with Crippen molar-refractivity contribution in [2.45, 2.75) is 45.6 Å². The van der Waals surface area contributed by atoms with Crippen molar-refractivity contribution in [2.24, 2.45) is 4.99 Å². The fourth-order valence-electron chi connectivity index (χ4n) is 2.65. The van der Waals surface area contributed by atoms with Gasteiger partial charge in [0.25, 0.3) is 0 Å². The van der Waals surface area contributed by atoms with Gasteiger partial charge in [-0.3, -0.25) is 0 Å². The standard InChI is InChI=1S/C17H27N3O/c1-4-17(21,5-2)13-19-16(18-6-3)20-12-11-14-9-7-8-10-15(14)20/h7-10,21H,4-6,11-13H2,1-3H3,(H,18,19). The molecular weight excluding hydrogens is 262 g/mol. The number of nitrogens with zero attached hydrogens (tertiary/aromatic N) is 2. The quantitative estimate of drug-likeness (QED) is 0.647. The molecule has 116 valence electrons. The third-order valence-electron chi connectivity index (χ3n) is 4.32. The molecular formula is C17H27N3O. The van der Waals surface area contributed by atoms with Crippen molar-refractivity contribution in [3.05, 3.63) is 29.8 Å². The molecule has 4 heteroatoms. The van der Waals surface area contributed by atoms with Gasteiger partial charge in [0.1, 0.15) is 0 Å². The molecule has 0 radical (unpaired) electrons. The van der Waals surface area contributed by atoms with Crippen LogP contribution in [0.25, 0.3) is 0 Å². The number of guanidine groups is 1. The molecule has 0 saturated carbocycles. The molecule has 1 aliphatic heterocycles. The van der Waals surface area contributed by atoms with Gasteiger partial charge in [-0.15, -0.1) is 0 Å². The van der Waals surface area contributed by atoms with Crippen molar-refractivity contribution in [1.82, 2.24) is 5.32 Å². The van der Waals surface area contributed by atoms with Crippen LogP contribution in [0, 0.1) is 0 Å². The first-order valence-electron chi connectivity index (χ1n) is 7.99. The minimum absolute atomic E-state index is 0.445. The third kappa shape index (κ3) is 3.56. The van der Waals surface area contributed by atoms with E-state index >= 15 is 0 Å². The molecule has 0 aliphatic carbocycles. The molecule has 1 heterocycles. The van der Waals surface area contributed by atoms with Crippen LogP contribution in [0.15, 0.2) is 29.3 Å². The molecule has 1 aromatic rings. The summed E-state index contributed by atoms with van der Waals surface area (Å²) in [6.45, 7) is 8.31. The molecule has 0 fully saturated rings. The molecule has 0 atom stereocenters. The Hall–Kier alpha value is -1.55. The van der Waals surface area contributed by atoms with Crippen LogP contribution >= 0.6 is 0 Å². The lowest BCUT2D eigenvalue weighted by Gasteiger charge is -2.26. The summed E-state index contributed by atoms with van der Waals surface area (Å²) in [5, 5.41) is 13.8. The second-order valence-corrected chi connectivity index (χ2v) is 5.63. The zero-order valence-electron chi connectivity index (χ0n) is 13.4. The predicted octanol–water partition coefficient (Wildman–Crippen LogP) is 2.57. The Balaban J connectivity index is 2.20. The Kier molecular flexibility index (Phi) is 5.23. The molecule has 0 aromatic heterocycles. The number of hydrogen-bond donors (Lipinski definition) is 2. The van der Waals surface area contributed by atoms with E-state index in [1.54, 1.807) is 0 Å². The number of aliphatic hydroxyl groups is 1. The highest BCUT2D eigenvalue weighted by atomic mass is 16.3. The Morgan fingerprint density at radius 3 is 2.67 bits per heavy atom. The highest BCUT2D eigenvalue weighted by Gasteiger charge is 2.25. The average molecular weight is 289 g/mol. The predicted molar refractivity (Wildman–Crippen MR) is 89.0 cm³/mol. The SMILES string of the molecule is CCNC(=NCC(O)(CC)CC)N1CCc2ccccc21. The summed E-state index contributed by atoms with van der Waals surface area (Å²) in [5.41, 5.74) is 1.90. The Morgan fingerprint density at radius 2 is 2.00 bits per heavy atom. The van der Waals surface area contributed by atoms with Gasteiger partial charge in [-0.2, -0.15) is 0 Å². The summed E-state index contributed by atoms with van der Waals surface area (Å²) in [4.78, 5) is 6.92. The summed E-state index contributed by atoms with van der Waals surface area (Å²) < 4.78 is 0. The summed E-state index contributed by atoms with van der Waals surface area (Å²) >= 11 is 0. The van der Waals surface area contributed by atoms with Crippen molar-refractivity contribution in [3.8, 4) is 0 Å². The van der Waals surface area contributed by atoms with Gasteiger partial charge in [0.2, 0.25) is 0 Å². The normalized spacial score (nSPS) is 15.2. The maximum absolute atomic E-state index is 10.4. The first kappa shape index (κ1) is 15.8. The second-order valence-electron chi connectivity index (χ2n) is 5.63. The number of nitrogens with one attached hydrogen (secondary N) is 1. The smallest absolute Gasteiger partial charge is 0.198 e. The van der Waals surface area contributed by atoms with Crippen LogP contribution < -0.4 is 10.2 Å². The van der Waals surface area contributed by atoms with E-state index in [0.29, 0.717) is 6.54 Å². The fraction of sp³-hybridized carbons (Fsp3) is 0.588. The number of anilines is 1. The molecule has 1 aromatic carbocycles. The number of fused-ring (bicyclic) bond motifs is 1. The molecule has 0 spiro atoms. The Bertz CT molecular complexity index is 495. The van der Waals surface area contributed by atoms with E-state index in [0.717, 1.165) is 38.3 Å². The Morgan fingerprint density at radius 1 is 1.29 bits per heavy atom. The van der Waals surface area contributed by atoms with Gasteiger partial charge in [0.05, 0.1) is 12.1 Å². The van der Waals surface area contributed by atoms with E-state index in [2.05, 4.69) is 46.4 Å². The van der Waals surface area contributed by atoms with Gasteiger partial charge in [0.15, 0.2) is 5.96 Å². The van der Waals surface area contributed by atoms with Crippen LogP contribution in [-0.4, -0.2) is 36.3 Å². The lowest BCUT2D eigenvalue weighted by atomic mass is 9.98. The highest BCUT2D eigenvalue weighted by Crippen LogP contribution is 2.27. The van der Waals surface area contributed by atoms with E-state index in [-0.39, 0.29) is 0 Å². The van der Waals surface area contributed by atoms with Crippen molar-refractivity contribution in [2.75, 3.05) is 24.5 Å². The average Bonchev–Trinajstić information content (AvgIpc) is 2.95. The summed E-state index contributed by atoms with van der Waals surface area (Å²) in [5.74, 6) is 0.878. The molecule has 0 unspecified atom stereocenters. The van der Waals surface area contributed by atoms with Gasteiger partial charge in [-0.1, -0.05) is 32.0 Å². The molecule has 0 saturated heterocycles. The van der Waals surface area contributed by atoms with Crippen LogP contribution in [-0.2, 0) is 6.42 Å². The minimum Gasteiger partial charge on any atom is -0.388 e. The molecule has 0 bridgehead atoms. The van der Waals surface area contributed by atoms with E-state index in [9.17, 15) is 5.11 Å². The number of aliphatic imine (C=N–C) groups is 1. The number of hydrogen-bond acceptors (Lipinski definition) is 2. The van der Waals surface area contributed by atoms with Crippen LogP contribution in [0.2, 0.25) is 0 Å². The van der Waals surface area contributed by atoms with E-state index in [1.165, 1.54) is 11.3 Å². The van der Waals surface area contributed by atoms with Crippen molar-refractivity contribution in [1.29, 1.82) is 0 Å². The molecule has 4 nitrogen and oxygen atoms in total. The molecule has 0 amide bonds. The van der Waals surface area contributed by atoms with E-state index in [4.69, 9.17) is 0 Å². The second kappa shape index (κ2) is 6.94. The van der Waals surface area contributed by atoms with Gasteiger partial charge in [-0.25, -0.2) is 4.99 Å². The van der Waals surface area contributed by atoms with Crippen LogP contribution in [0.5, 0.6) is 0 Å². The number of para-hydroxylation sites is 1. The third-order valence-corrected chi connectivity index (χ3v) is 4.32. The van der Waals surface area contributed by atoms with Gasteiger partial charge >= 0.3 is 0 Å². The lowest BCUT2D eigenvalue weighted by molar-refractivity contribution is 0.0418. The number of benzene rings is 1. The lowest BCUT2D eigenvalue weighted by Crippen LogP contribution is -2.42. The maximum atomic E-state index is 10.4. The molecule has 2 N–H and O–H groups in total. The van der Waals surface area contributed by atoms with Crippen molar-refractivity contribution < 1.29 is 5.11 Å². The van der Waals surface area contributed by atoms with Gasteiger partial charge in [0, 0.05) is 18.8 Å². The Labute approximate surface area is 127 Å². The summed E-state index contributed by atoms with van der Waals surface area (Å²) in [7, 11) is 0. The molecule has 21 heavy (non-hydrogen) atoms. The molecule has 1 aliphatic rings. The largest absolute Gasteiger partial charge is 0.388 e. The van der Waals surface area contributed by atoms with Crippen LogP contribution in [0.1, 0.15) is 39.2 Å². The van der Waals surface area contributed by atoms with Crippen molar-refractivity contribution >= 4 is 11.6 Å². The first-order chi connectivity index (χ1) is 10.1. The molecule has 2 rings (SSSR count). The monoisotopic (exact) mass is 289 g/mol. The van der Waals surface area contributed by atoms with Crippen LogP contribution in [0.4, 0.5) is 5.69 Å². The van der Waals surface area contributed by atoms with Gasteiger partial charge in [-0.05, 0) is 37.8 Å².